The third kappa shape index (κ3) is 9.03. The summed E-state index contributed by atoms with van der Waals surface area (Å²) in [6, 6.07) is 13.6. The number of hydrogen-bond donors (Lipinski definition) is 0. The van der Waals surface area contributed by atoms with Crippen LogP contribution in [0.15, 0.2) is 48.5 Å². The molecule has 0 fully saturated rings. The van der Waals surface area contributed by atoms with Gasteiger partial charge in [0.05, 0.1) is 18.8 Å². The van der Waals surface area contributed by atoms with Crippen molar-refractivity contribution >= 4 is 33.7 Å². The molecule has 1 atom stereocenters. The van der Waals surface area contributed by atoms with Crippen LogP contribution in [0.1, 0.15) is 71.4 Å². The van der Waals surface area contributed by atoms with Gasteiger partial charge in [-0.1, -0.05) is 59.1 Å². The third-order valence-corrected chi connectivity index (χ3v) is 5.70. The molecule has 6 nitrogen and oxygen atoms in total. The number of rotatable bonds is 15. The van der Waals surface area contributed by atoms with Crippen molar-refractivity contribution in [1.82, 2.24) is 0 Å². The van der Waals surface area contributed by atoms with Gasteiger partial charge in [0.1, 0.15) is 0 Å². The number of alkyl halides is 1. The van der Waals surface area contributed by atoms with Gasteiger partial charge in [0.15, 0.2) is 11.9 Å². The van der Waals surface area contributed by atoms with Crippen molar-refractivity contribution in [3.63, 3.8) is 0 Å². The van der Waals surface area contributed by atoms with E-state index in [9.17, 15) is 14.4 Å². The van der Waals surface area contributed by atoms with Gasteiger partial charge < -0.3 is 14.2 Å². The van der Waals surface area contributed by atoms with E-state index in [1.54, 1.807) is 50.2 Å². The Hall–Kier alpha value is -2.51. The van der Waals surface area contributed by atoms with Crippen LogP contribution in [0.4, 0.5) is 0 Å². The second-order valence-electron chi connectivity index (χ2n) is 7.75. The number of benzene rings is 2. The molecule has 2 aromatic rings. The standard InChI is InChI=1S/C27H33BrO6/c1-3-32-26(30)23-14-10-13-22(19-23)25(29)21-12-9-11-20(17-21)18-24(27(31)33-4-2)34-16-8-6-5-7-15-28/h9-14,17,19,24H,3-8,15-16,18H2,1-2H3. The molecule has 0 aliphatic heterocycles. The van der Waals surface area contributed by atoms with Gasteiger partial charge in [0.2, 0.25) is 0 Å². The maximum atomic E-state index is 13.1. The summed E-state index contributed by atoms with van der Waals surface area (Å²) < 4.78 is 16.1. The molecule has 0 saturated heterocycles. The zero-order valence-electron chi connectivity index (χ0n) is 19.9. The highest BCUT2D eigenvalue weighted by Gasteiger charge is 2.22. The summed E-state index contributed by atoms with van der Waals surface area (Å²) in [5.41, 5.74) is 1.99. The van der Waals surface area contributed by atoms with Crippen molar-refractivity contribution < 1.29 is 28.6 Å². The van der Waals surface area contributed by atoms with Gasteiger partial charge in [-0.2, -0.15) is 0 Å². The average molecular weight is 533 g/mol. The van der Waals surface area contributed by atoms with Gasteiger partial charge in [0.25, 0.3) is 0 Å². The molecular weight excluding hydrogens is 500 g/mol. The third-order valence-electron chi connectivity index (χ3n) is 5.14. The zero-order chi connectivity index (χ0) is 24.8. The number of ether oxygens (including phenoxy) is 3. The Morgan fingerprint density at radius 2 is 1.47 bits per heavy atom. The summed E-state index contributed by atoms with van der Waals surface area (Å²) in [5.74, 6) is -1.08. The van der Waals surface area contributed by atoms with Gasteiger partial charge in [-0.25, -0.2) is 9.59 Å². The molecule has 2 rings (SSSR count). The van der Waals surface area contributed by atoms with Gasteiger partial charge in [-0.3, -0.25) is 4.79 Å². The van der Waals surface area contributed by atoms with Crippen molar-refractivity contribution in [2.45, 2.75) is 52.1 Å². The fourth-order valence-corrected chi connectivity index (χ4v) is 3.84. The molecule has 0 aliphatic rings. The molecule has 34 heavy (non-hydrogen) atoms. The molecule has 0 spiro atoms. The second-order valence-corrected chi connectivity index (χ2v) is 8.54. The number of hydrogen-bond acceptors (Lipinski definition) is 6. The van der Waals surface area contributed by atoms with Crippen LogP contribution in [0.2, 0.25) is 0 Å². The lowest BCUT2D eigenvalue weighted by atomic mass is 9.98. The molecule has 2 aromatic carbocycles. The van der Waals surface area contributed by atoms with Crippen LogP contribution in [-0.2, 0) is 25.4 Å². The van der Waals surface area contributed by atoms with E-state index in [4.69, 9.17) is 14.2 Å². The second kappa shape index (κ2) is 15.4. The van der Waals surface area contributed by atoms with Crippen molar-refractivity contribution in [2.75, 3.05) is 25.2 Å². The average Bonchev–Trinajstić information content (AvgIpc) is 2.85. The molecule has 0 heterocycles. The lowest BCUT2D eigenvalue weighted by Crippen LogP contribution is -2.29. The van der Waals surface area contributed by atoms with E-state index in [1.807, 2.05) is 6.07 Å². The fraction of sp³-hybridized carbons (Fsp3) is 0.444. The Morgan fingerprint density at radius 1 is 0.824 bits per heavy atom. The molecule has 0 amide bonds. The van der Waals surface area contributed by atoms with Crippen molar-refractivity contribution in [1.29, 1.82) is 0 Å². The van der Waals surface area contributed by atoms with Crippen LogP contribution >= 0.6 is 15.9 Å². The lowest BCUT2D eigenvalue weighted by molar-refractivity contribution is -0.156. The van der Waals surface area contributed by atoms with E-state index in [-0.39, 0.29) is 19.0 Å². The minimum absolute atomic E-state index is 0.214. The van der Waals surface area contributed by atoms with E-state index in [0.29, 0.717) is 29.7 Å². The van der Waals surface area contributed by atoms with Crippen molar-refractivity contribution in [3.8, 4) is 0 Å². The number of halogens is 1. The van der Waals surface area contributed by atoms with E-state index in [1.165, 1.54) is 6.07 Å². The quantitative estimate of drug-likeness (QED) is 0.130. The van der Waals surface area contributed by atoms with Crippen LogP contribution < -0.4 is 0 Å². The Kier molecular flexibility index (Phi) is 12.6. The van der Waals surface area contributed by atoms with Crippen LogP contribution in [0.3, 0.4) is 0 Å². The van der Waals surface area contributed by atoms with E-state index in [0.717, 1.165) is 36.6 Å². The summed E-state index contributed by atoms with van der Waals surface area (Å²) in [7, 11) is 0. The van der Waals surface area contributed by atoms with Crippen LogP contribution in [0, 0.1) is 0 Å². The fourth-order valence-electron chi connectivity index (χ4n) is 3.44. The molecule has 0 N–H and O–H groups in total. The van der Waals surface area contributed by atoms with E-state index in [2.05, 4.69) is 15.9 Å². The van der Waals surface area contributed by atoms with Gasteiger partial charge in [0, 0.05) is 29.5 Å². The number of carbonyl (C=O) groups is 3. The Morgan fingerprint density at radius 3 is 2.18 bits per heavy atom. The maximum Gasteiger partial charge on any atom is 0.338 e. The predicted molar refractivity (Wildman–Crippen MR) is 135 cm³/mol. The highest BCUT2D eigenvalue weighted by atomic mass is 79.9. The van der Waals surface area contributed by atoms with Crippen LogP contribution in [0.5, 0.6) is 0 Å². The monoisotopic (exact) mass is 532 g/mol. The zero-order valence-corrected chi connectivity index (χ0v) is 21.5. The van der Waals surface area contributed by atoms with E-state index >= 15 is 0 Å². The normalized spacial score (nSPS) is 11.6. The molecule has 0 radical (unpaired) electrons. The highest BCUT2D eigenvalue weighted by Crippen LogP contribution is 2.17. The Bertz CT molecular complexity index is 942. The summed E-state index contributed by atoms with van der Waals surface area (Å²) in [6.45, 7) is 4.51. The molecule has 0 aromatic heterocycles. The minimum atomic E-state index is -0.728. The first kappa shape index (κ1) is 27.7. The largest absolute Gasteiger partial charge is 0.464 e. The summed E-state index contributed by atoms with van der Waals surface area (Å²) in [6.07, 6.45) is 3.72. The summed E-state index contributed by atoms with van der Waals surface area (Å²) >= 11 is 3.42. The topological polar surface area (TPSA) is 78.9 Å². The number of carbonyl (C=O) groups excluding carboxylic acids is 3. The van der Waals surface area contributed by atoms with Crippen molar-refractivity contribution in [2.24, 2.45) is 0 Å². The molecule has 0 aliphatic carbocycles. The molecule has 0 bridgehead atoms. The smallest absolute Gasteiger partial charge is 0.338 e. The lowest BCUT2D eigenvalue weighted by Gasteiger charge is -2.17. The minimum Gasteiger partial charge on any atom is -0.464 e. The highest BCUT2D eigenvalue weighted by molar-refractivity contribution is 9.09. The molecule has 184 valence electrons. The van der Waals surface area contributed by atoms with Gasteiger partial charge in [-0.05, 0) is 50.5 Å². The SMILES string of the molecule is CCOC(=O)c1cccc(C(=O)c2cccc(CC(OCCCCCCBr)C(=O)OCC)c2)c1. The van der Waals surface area contributed by atoms with Gasteiger partial charge >= 0.3 is 11.9 Å². The summed E-state index contributed by atoms with van der Waals surface area (Å²) in [5, 5.41) is 0.988. The predicted octanol–water partition coefficient (Wildman–Crippen LogP) is 5.54. The van der Waals surface area contributed by atoms with E-state index < -0.39 is 18.0 Å². The molecule has 7 heteroatoms. The first-order chi connectivity index (χ1) is 16.5. The molecular formula is C27H33BrO6. The van der Waals surface area contributed by atoms with Crippen LogP contribution in [0.25, 0.3) is 0 Å². The van der Waals surface area contributed by atoms with Crippen molar-refractivity contribution in [3.05, 3.63) is 70.8 Å². The molecule has 0 saturated carbocycles. The number of ketones is 1. The molecule has 1 unspecified atom stereocenters. The maximum absolute atomic E-state index is 13.1. The Labute approximate surface area is 210 Å². The summed E-state index contributed by atoms with van der Waals surface area (Å²) in [4.78, 5) is 37.5. The number of unbranched alkanes of at least 4 members (excludes halogenated alkanes) is 3. The first-order valence-corrected chi connectivity index (χ1v) is 12.9. The first-order valence-electron chi connectivity index (χ1n) is 11.7. The van der Waals surface area contributed by atoms with Crippen LogP contribution in [-0.4, -0.2) is 49.0 Å². The van der Waals surface area contributed by atoms with Gasteiger partial charge in [-0.15, -0.1) is 0 Å². The Balaban J connectivity index is 2.10. The number of esters is 2.